The van der Waals surface area contributed by atoms with Gasteiger partial charge >= 0.3 is 0 Å². The molecule has 3 aliphatic rings. The highest BCUT2D eigenvalue weighted by molar-refractivity contribution is 5.80. The summed E-state index contributed by atoms with van der Waals surface area (Å²) in [6, 6.07) is 3.78. The molecule has 3 heterocycles. The number of aliphatic hydroxyl groups excluding tert-OH is 1. The van der Waals surface area contributed by atoms with Crippen LogP contribution in [0.3, 0.4) is 0 Å². The van der Waals surface area contributed by atoms with Gasteiger partial charge < -0.3 is 15.0 Å². The number of amides is 1. The molecule has 30 heavy (non-hydrogen) atoms. The molecule has 2 aliphatic heterocycles. The van der Waals surface area contributed by atoms with Gasteiger partial charge in [-0.05, 0) is 44.2 Å². The number of carbonyl (C=O) groups is 1. The first-order valence-electron chi connectivity index (χ1n) is 11.6. The zero-order chi connectivity index (χ0) is 21.3. The fraction of sp³-hybridized carbons (Fsp3) is 0.667. The topological polar surface area (TPSA) is 74.6 Å². The molecule has 0 radical (unpaired) electrons. The molecule has 1 aromatic heterocycles. The van der Waals surface area contributed by atoms with E-state index in [2.05, 4.69) is 10.2 Å². The van der Waals surface area contributed by atoms with Crippen molar-refractivity contribution >= 4 is 12.0 Å². The smallest absolute Gasteiger partial charge is 0.258 e. The number of hydrogen-bond acceptors (Lipinski definition) is 4. The number of nitrogens with zero attached hydrogens (tertiary/aromatic N) is 2. The van der Waals surface area contributed by atoms with Gasteiger partial charge in [0.2, 0.25) is 5.91 Å². The van der Waals surface area contributed by atoms with E-state index >= 15 is 0 Å². The number of rotatable bonds is 7. The van der Waals surface area contributed by atoms with Crippen molar-refractivity contribution in [2.75, 3.05) is 19.7 Å². The Hall–Kier alpha value is -1.92. The second-order valence-corrected chi connectivity index (χ2v) is 9.15. The summed E-state index contributed by atoms with van der Waals surface area (Å²) >= 11 is 0. The molecule has 2 N–H and O–H groups in total. The number of fused-ring (bicyclic) bond motifs is 4. The SMILES string of the molecule is CC=Cc1ccc2n(c1=O)C[C@@H]1[C@@H](CO)[C@H](C(=O)NCCC)[C@H]2N1CC1CCCC1. The van der Waals surface area contributed by atoms with Crippen LogP contribution < -0.4 is 10.9 Å². The van der Waals surface area contributed by atoms with Crippen molar-refractivity contribution < 1.29 is 9.90 Å². The van der Waals surface area contributed by atoms with Crippen molar-refractivity contribution in [2.24, 2.45) is 17.8 Å². The van der Waals surface area contributed by atoms with Crippen LogP contribution in [0.4, 0.5) is 0 Å². The van der Waals surface area contributed by atoms with E-state index in [0.717, 1.165) is 18.7 Å². The first-order chi connectivity index (χ1) is 14.6. The highest BCUT2D eigenvalue weighted by atomic mass is 16.3. The Kier molecular flexibility index (Phi) is 6.44. The van der Waals surface area contributed by atoms with Crippen molar-refractivity contribution in [3.05, 3.63) is 39.8 Å². The largest absolute Gasteiger partial charge is 0.396 e. The summed E-state index contributed by atoms with van der Waals surface area (Å²) in [6.07, 6.45) is 9.63. The summed E-state index contributed by atoms with van der Waals surface area (Å²) in [5.74, 6) is 0.178. The number of aliphatic hydroxyl groups is 1. The quantitative estimate of drug-likeness (QED) is 0.721. The Morgan fingerprint density at radius 3 is 2.73 bits per heavy atom. The van der Waals surface area contributed by atoms with Gasteiger partial charge in [0.25, 0.3) is 5.56 Å². The molecule has 1 amide bonds. The fourth-order valence-corrected chi connectivity index (χ4v) is 5.95. The van der Waals surface area contributed by atoms with E-state index < -0.39 is 0 Å². The van der Waals surface area contributed by atoms with Gasteiger partial charge in [-0.3, -0.25) is 14.5 Å². The lowest BCUT2D eigenvalue weighted by Gasteiger charge is -2.39. The van der Waals surface area contributed by atoms with Crippen LogP contribution >= 0.6 is 0 Å². The van der Waals surface area contributed by atoms with Crippen molar-refractivity contribution in [2.45, 2.75) is 64.6 Å². The number of carbonyl (C=O) groups excluding carboxylic acids is 1. The second-order valence-electron chi connectivity index (χ2n) is 9.15. The lowest BCUT2D eigenvalue weighted by Crippen LogP contribution is -2.48. The van der Waals surface area contributed by atoms with E-state index in [-0.39, 0.29) is 42.0 Å². The van der Waals surface area contributed by atoms with E-state index in [1.54, 1.807) is 0 Å². The monoisotopic (exact) mass is 413 g/mol. The van der Waals surface area contributed by atoms with Crippen LogP contribution in [-0.4, -0.2) is 46.2 Å². The predicted molar refractivity (Wildman–Crippen MR) is 118 cm³/mol. The molecule has 0 spiro atoms. The molecule has 1 aromatic rings. The van der Waals surface area contributed by atoms with Gasteiger partial charge in [0.15, 0.2) is 0 Å². The highest BCUT2D eigenvalue weighted by Gasteiger charge is 2.55. The summed E-state index contributed by atoms with van der Waals surface area (Å²) in [4.78, 5) is 28.8. The molecule has 164 valence electrons. The Morgan fingerprint density at radius 2 is 2.07 bits per heavy atom. The van der Waals surface area contributed by atoms with Gasteiger partial charge in [0.05, 0.1) is 12.0 Å². The number of hydrogen-bond donors (Lipinski definition) is 2. The number of allylic oxidation sites excluding steroid dienone is 1. The van der Waals surface area contributed by atoms with Crippen molar-refractivity contribution in [1.82, 2.24) is 14.8 Å². The van der Waals surface area contributed by atoms with E-state index in [0.29, 0.717) is 24.6 Å². The molecule has 1 saturated heterocycles. The third kappa shape index (κ3) is 3.65. The molecule has 6 heteroatoms. The zero-order valence-corrected chi connectivity index (χ0v) is 18.2. The fourth-order valence-electron chi connectivity index (χ4n) is 5.95. The minimum absolute atomic E-state index is 0.00687. The minimum Gasteiger partial charge on any atom is -0.396 e. The standard InChI is InChI=1S/C24H35N3O3/c1-3-7-17-10-11-19-22-21(23(29)25-12-4-2)18(15-28)20(14-27(19)24(17)30)26(22)13-16-8-5-6-9-16/h3,7,10-11,16,18,20-22,28H,4-6,8-9,12-15H2,1-2H3,(H,25,29)/t18-,20-,21+,22+/m1/s1. The maximum atomic E-state index is 13.2. The average Bonchev–Trinajstić information content (AvgIpc) is 3.32. The molecule has 2 bridgehead atoms. The summed E-state index contributed by atoms with van der Waals surface area (Å²) in [7, 11) is 0. The molecule has 2 fully saturated rings. The normalized spacial score (nSPS) is 28.9. The number of aromatic nitrogens is 1. The lowest BCUT2D eigenvalue weighted by molar-refractivity contribution is -0.127. The average molecular weight is 414 g/mol. The molecular formula is C24H35N3O3. The van der Waals surface area contributed by atoms with E-state index in [1.165, 1.54) is 25.7 Å². The maximum Gasteiger partial charge on any atom is 0.258 e. The van der Waals surface area contributed by atoms with Crippen LogP contribution in [0.15, 0.2) is 23.0 Å². The van der Waals surface area contributed by atoms with Gasteiger partial charge in [0.1, 0.15) is 0 Å². The highest BCUT2D eigenvalue weighted by Crippen LogP contribution is 2.49. The van der Waals surface area contributed by atoms with E-state index in [9.17, 15) is 14.7 Å². The predicted octanol–water partition coefficient (Wildman–Crippen LogP) is 2.56. The Morgan fingerprint density at radius 1 is 1.30 bits per heavy atom. The Bertz CT molecular complexity index is 856. The summed E-state index contributed by atoms with van der Waals surface area (Å²) < 4.78 is 1.87. The summed E-state index contributed by atoms with van der Waals surface area (Å²) in [6.45, 7) is 6.06. The van der Waals surface area contributed by atoms with Gasteiger partial charge in [-0.15, -0.1) is 0 Å². The Labute approximate surface area is 179 Å². The van der Waals surface area contributed by atoms with Gasteiger partial charge in [-0.1, -0.05) is 31.9 Å². The number of nitrogens with one attached hydrogen (secondary N) is 1. The molecule has 1 aliphatic carbocycles. The van der Waals surface area contributed by atoms with Crippen molar-refractivity contribution in [1.29, 1.82) is 0 Å². The van der Waals surface area contributed by atoms with Crippen LogP contribution in [0.1, 0.15) is 63.3 Å². The molecule has 0 unspecified atom stereocenters. The van der Waals surface area contributed by atoms with E-state index in [4.69, 9.17) is 0 Å². The minimum atomic E-state index is -0.325. The molecule has 1 saturated carbocycles. The first kappa shape index (κ1) is 21.3. The Balaban J connectivity index is 1.76. The third-order valence-electron chi connectivity index (χ3n) is 7.34. The van der Waals surface area contributed by atoms with Crippen LogP contribution in [0.25, 0.3) is 6.08 Å². The van der Waals surface area contributed by atoms with Crippen molar-refractivity contribution in [3.63, 3.8) is 0 Å². The summed E-state index contributed by atoms with van der Waals surface area (Å²) in [5, 5.41) is 13.4. The molecule has 6 nitrogen and oxygen atoms in total. The molecule has 4 atom stereocenters. The molecule has 4 rings (SSSR count). The lowest BCUT2D eigenvalue weighted by atomic mass is 9.86. The van der Waals surface area contributed by atoms with Gasteiger partial charge in [0, 0.05) is 49.5 Å². The number of pyridine rings is 1. The van der Waals surface area contributed by atoms with Crippen LogP contribution in [0.2, 0.25) is 0 Å². The maximum absolute atomic E-state index is 13.2. The first-order valence-corrected chi connectivity index (χ1v) is 11.6. The van der Waals surface area contributed by atoms with Crippen molar-refractivity contribution in [3.8, 4) is 0 Å². The van der Waals surface area contributed by atoms with Crippen LogP contribution in [0, 0.1) is 17.8 Å². The zero-order valence-electron chi connectivity index (χ0n) is 18.2. The van der Waals surface area contributed by atoms with Crippen LogP contribution in [-0.2, 0) is 11.3 Å². The van der Waals surface area contributed by atoms with Gasteiger partial charge in [-0.25, -0.2) is 0 Å². The molecule has 0 aromatic carbocycles. The third-order valence-corrected chi connectivity index (χ3v) is 7.34. The summed E-state index contributed by atoms with van der Waals surface area (Å²) in [5.41, 5.74) is 1.61. The second kappa shape index (κ2) is 9.06. The van der Waals surface area contributed by atoms with Gasteiger partial charge in [-0.2, -0.15) is 0 Å². The molecular weight excluding hydrogens is 378 g/mol. The van der Waals surface area contributed by atoms with Crippen LogP contribution in [0.5, 0.6) is 0 Å². The van der Waals surface area contributed by atoms with E-state index in [1.807, 2.05) is 42.7 Å².